The molecule has 1 aliphatic rings. The number of nitrogens with zero attached hydrogens (tertiary/aromatic N) is 3. The molecule has 1 N–H and O–H groups in total. The maximum Gasteiger partial charge on any atom is 0.356 e. The molecule has 0 radical (unpaired) electrons. The number of ketones is 1. The Labute approximate surface area is 144 Å². The van der Waals surface area contributed by atoms with E-state index < -0.39 is 5.97 Å². The van der Waals surface area contributed by atoms with E-state index in [0.29, 0.717) is 31.5 Å². The normalized spacial score (nSPS) is 15.0. The topological polar surface area (TPSA) is 100 Å². The molecule has 0 saturated carbocycles. The molecule has 0 atom stereocenters. The minimum absolute atomic E-state index is 0.0908. The fourth-order valence-corrected chi connectivity index (χ4v) is 2.89. The van der Waals surface area contributed by atoms with E-state index >= 15 is 0 Å². The second-order valence-electron chi connectivity index (χ2n) is 5.89. The lowest BCUT2D eigenvalue weighted by Crippen LogP contribution is -2.40. The number of hydrogen-bond acceptors (Lipinski definition) is 5. The highest BCUT2D eigenvalue weighted by Crippen LogP contribution is 2.22. The molecule has 1 fully saturated rings. The molecule has 1 aromatic heterocycles. The summed E-state index contributed by atoms with van der Waals surface area (Å²) in [6.07, 6.45) is 3.44. The van der Waals surface area contributed by atoms with Crippen molar-refractivity contribution < 1.29 is 19.5 Å². The van der Waals surface area contributed by atoms with Crippen LogP contribution in [0.15, 0.2) is 42.7 Å². The van der Waals surface area contributed by atoms with E-state index in [-0.39, 0.29) is 29.0 Å². The van der Waals surface area contributed by atoms with Crippen LogP contribution in [0.2, 0.25) is 0 Å². The maximum atomic E-state index is 12.5. The number of likely N-dealkylation sites (tertiary alicyclic amines) is 1. The quantitative estimate of drug-likeness (QED) is 0.854. The zero-order chi connectivity index (χ0) is 17.8. The molecule has 0 unspecified atom stereocenters. The summed E-state index contributed by atoms with van der Waals surface area (Å²) in [7, 11) is 0. The number of hydrogen-bond donors (Lipinski definition) is 1. The summed E-state index contributed by atoms with van der Waals surface area (Å²) in [6.45, 7) is 0.925. The van der Waals surface area contributed by atoms with Gasteiger partial charge in [0.05, 0.1) is 12.4 Å². The molecule has 2 heterocycles. The van der Waals surface area contributed by atoms with Gasteiger partial charge in [-0.2, -0.15) is 0 Å². The third-order valence-electron chi connectivity index (χ3n) is 4.30. The van der Waals surface area contributed by atoms with Crippen LogP contribution < -0.4 is 0 Å². The number of benzene rings is 1. The third-order valence-corrected chi connectivity index (χ3v) is 4.30. The second kappa shape index (κ2) is 7.21. The lowest BCUT2D eigenvalue weighted by Gasteiger charge is -2.31. The molecular formula is C18H17N3O4. The van der Waals surface area contributed by atoms with Gasteiger partial charge in [-0.1, -0.05) is 30.3 Å². The van der Waals surface area contributed by atoms with Gasteiger partial charge in [0.1, 0.15) is 5.69 Å². The van der Waals surface area contributed by atoms with Crippen LogP contribution in [0.25, 0.3) is 0 Å². The van der Waals surface area contributed by atoms with E-state index in [9.17, 15) is 14.4 Å². The van der Waals surface area contributed by atoms with Crippen LogP contribution in [0.1, 0.15) is 44.2 Å². The molecule has 1 aromatic carbocycles. The molecule has 0 spiro atoms. The molecule has 3 rings (SSSR count). The van der Waals surface area contributed by atoms with Gasteiger partial charge in [0.2, 0.25) is 0 Å². The first-order valence-corrected chi connectivity index (χ1v) is 8.00. The number of Topliss-reactive ketones (excluding diaryl/α,β-unsaturated/α-hetero) is 1. The molecule has 1 aliphatic heterocycles. The summed E-state index contributed by atoms with van der Waals surface area (Å²) >= 11 is 0. The van der Waals surface area contributed by atoms with Crippen molar-refractivity contribution in [2.24, 2.45) is 5.92 Å². The minimum atomic E-state index is -1.19. The summed E-state index contributed by atoms with van der Waals surface area (Å²) in [4.78, 5) is 44.9. The molecule has 0 aliphatic carbocycles. The van der Waals surface area contributed by atoms with E-state index in [4.69, 9.17) is 5.11 Å². The predicted molar refractivity (Wildman–Crippen MR) is 88.4 cm³/mol. The van der Waals surface area contributed by atoms with Crippen molar-refractivity contribution in [2.45, 2.75) is 12.8 Å². The number of carboxylic acids is 1. The van der Waals surface area contributed by atoms with Gasteiger partial charge in [0.15, 0.2) is 11.5 Å². The van der Waals surface area contributed by atoms with Crippen molar-refractivity contribution in [1.29, 1.82) is 0 Å². The van der Waals surface area contributed by atoms with Crippen LogP contribution in [0, 0.1) is 5.92 Å². The van der Waals surface area contributed by atoms with Crippen LogP contribution in [-0.4, -0.2) is 50.7 Å². The predicted octanol–water partition coefficient (Wildman–Crippen LogP) is 1.91. The Hall–Kier alpha value is -3.09. The van der Waals surface area contributed by atoms with Crippen LogP contribution in [0.4, 0.5) is 0 Å². The van der Waals surface area contributed by atoms with E-state index in [0.717, 1.165) is 6.20 Å². The first-order valence-electron chi connectivity index (χ1n) is 8.00. The SMILES string of the molecule is O=C(O)c1cnc(C(=O)N2CCC(C(=O)c3ccccc3)CC2)cn1. The van der Waals surface area contributed by atoms with Gasteiger partial charge in [-0.05, 0) is 12.8 Å². The first-order chi connectivity index (χ1) is 12.1. The Bertz CT molecular complexity index is 782. The number of carboxylic acid groups (broad SMARTS) is 1. The number of carbonyl (C=O) groups is 3. The van der Waals surface area contributed by atoms with Crippen molar-refractivity contribution in [2.75, 3.05) is 13.1 Å². The number of piperidine rings is 1. The van der Waals surface area contributed by atoms with Crippen molar-refractivity contribution in [3.8, 4) is 0 Å². The van der Waals surface area contributed by atoms with Gasteiger partial charge in [-0.3, -0.25) is 9.59 Å². The highest BCUT2D eigenvalue weighted by Gasteiger charge is 2.29. The lowest BCUT2D eigenvalue weighted by atomic mass is 9.89. The molecule has 1 amide bonds. The Kier molecular flexibility index (Phi) is 4.83. The molecule has 7 heteroatoms. The van der Waals surface area contributed by atoms with Gasteiger partial charge < -0.3 is 10.0 Å². The summed E-state index contributed by atoms with van der Waals surface area (Å²) in [6, 6.07) is 9.16. The van der Waals surface area contributed by atoms with Crippen molar-refractivity contribution >= 4 is 17.7 Å². The zero-order valence-electron chi connectivity index (χ0n) is 13.5. The Morgan fingerprint density at radius 2 is 1.56 bits per heavy atom. The van der Waals surface area contributed by atoms with E-state index in [1.807, 2.05) is 18.2 Å². The first kappa shape index (κ1) is 16.8. The van der Waals surface area contributed by atoms with Gasteiger partial charge in [-0.25, -0.2) is 14.8 Å². The average molecular weight is 339 g/mol. The second-order valence-corrected chi connectivity index (χ2v) is 5.89. The summed E-state index contributed by atoms with van der Waals surface area (Å²) in [5.74, 6) is -1.47. The van der Waals surface area contributed by atoms with Crippen molar-refractivity contribution in [1.82, 2.24) is 14.9 Å². The van der Waals surface area contributed by atoms with Crippen LogP contribution >= 0.6 is 0 Å². The number of carbonyl (C=O) groups excluding carboxylic acids is 2. The highest BCUT2D eigenvalue weighted by atomic mass is 16.4. The zero-order valence-corrected chi connectivity index (χ0v) is 13.5. The smallest absolute Gasteiger partial charge is 0.356 e. The number of aromatic nitrogens is 2. The van der Waals surface area contributed by atoms with Crippen LogP contribution in [0.5, 0.6) is 0 Å². The minimum Gasteiger partial charge on any atom is -0.476 e. The van der Waals surface area contributed by atoms with Crippen LogP contribution in [-0.2, 0) is 0 Å². The summed E-state index contributed by atoms with van der Waals surface area (Å²) in [5, 5.41) is 8.81. The van der Waals surface area contributed by atoms with E-state index in [1.165, 1.54) is 6.20 Å². The standard InChI is InChI=1S/C18H17N3O4/c22-16(12-4-2-1-3-5-12)13-6-8-21(9-7-13)17(23)14-10-20-15(11-19-14)18(24)25/h1-5,10-11,13H,6-9H2,(H,24,25). The van der Waals surface area contributed by atoms with Gasteiger partial charge in [-0.15, -0.1) is 0 Å². The fourth-order valence-electron chi connectivity index (χ4n) is 2.89. The molecule has 128 valence electrons. The largest absolute Gasteiger partial charge is 0.476 e. The molecule has 0 bridgehead atoms. The van der Waals surface area contributed by atoms with Gasteiger partial charge in [0.25, 0.3) is 5.91 Å². The van der Waals surface area contributed by atoms with Crippen molar-refractivity contribution in [3.05, 3.63) is 59.7 Å². The average Bonchev–Trinajstić information content (AvgIpc) is 2.67. The third kappa shape index (κ3) is 3.71. The summed E-state index contributed by atoms with van der Waals surface area (Å²) < 4.78 is 0. The van der Waals surface area contributed by atoms with Crippen LogP contribution in [0.3, 0.4) is 0 Å². The number of aromatic carboxylic acids is 1. The maximum absolute atomic E-state index is 12.5. The Morgan fingerprint density at radius 1 is 0.960 bits per heavy atom. The summed E-state index contributed by atoms with van der Waals surface area (Å²) in [5.41, 5.74) is 0.601. The van der Waals surface area contributed by atoms with E-state index in [1.54, 1.807) is 17.0 Å². The van der Waals surface area contributed by atoms with Gasteiger partial charge >= 0.3 is 5.97 Å². The molecule has 7 nitrogen and oxygen atoms in total. The van der Waals surface area contributed by atoms with Gasteiger partial charge in [0, 0.05) is 24.6 Å². The molecule has 25 heavy (non-hydrogen) atoms. The van der Waals surface area contributed by atoms with E-state index in [2.05, 4.69) is 9.97 Å². The number of amides is 1. The molecule has 2 aromatic rings. The Balaban J connectivity index is 1.61. The number of rotatable bonds is 4. The monoisotopic (exact) mass is 339 g/mol. The lowest BCUT2D eigenvalue weighted by molar-refractivity contribution is 0.0642. The molecule has 1 saturated heterocycles. The molecular weight excluding hydrogens is 322 g/mol. The fraction of sp³-hybridized carbons (Fsp3) is 0.278. The Morgan fingerprint density at radius 3 is 2.12 bits per heavy atom. The van der Waals surface area contributed by atoms with Crippen molar-refractivity contribution in [3.63, 3.8) is 0 Å². The highest BCUT2D eigenvalue weighted by molar-refractivity contribution is 5.98.